The van der Waals surface area contributed by atoms with Crippen molar-refractivity contribution in [3.8, 4) is 11.5 Å². The summed E-state index contributed by atoms with van der Waals surface area (Å²) in [6, 6.07) is 10.9. The highest BCUT2D eigenvalue weighted by Gasteiger charge is 2.30. The van der Waals surface area contributed by atoms with Gasteiger partial charge in [-0.3, -0.25) is 4.79 Å². The Morgan fingerprint density at radius 1 is 1.04 bits per heavy atom. The quantitative estimate of drug-likeness (QED) is 0.734. The molecule has 0 aromatic heterocycles. The molecule has 8 heteroatoms. The molecule has 0 spiro atoms. The summed E-state index contributed by atoms with van der Waals surface area (Å²) < 4.78 is 48.2. The van der Waals surface area contributed by atoms with E-state index in [0.717, 1.165) is 12.1 Å². The van der Waals surface area contributed by atoms with Crippen LogP contribution in [-0.2, 0) is 11.0 Å². The van der Waals surface area contributed by atoms with E-state index in [1.807, 2.05) is 6.92 Å². The SMILES string of the molecule is CCOc1ccc(OCC(=O)NCC(O)c2ccc(C(F)(F)F)cc2)cc1. The zero-order chi connectivity index (χ0) is 19.9. The lowest BCUT2D eigenvalue weighted by atomic mass is 10.1. The number of carbonyl (C=O) groups excluding carboxylic acids is 1. The summed E-state index contributed by atoms with van der Waals surface area (Å²) in [5.41, 5.74) is -0.526. The van der Waals surface area contributed by atoms with E-state index in [4.69, 9.17) is 9.47 Å². The lowest BCUT2D eigenvalue weighted by Crippen LogP contribution is -2.32. The van der Waals surface area contributed by atoms with Gasteiger partial charge in [-0.05, 0) is 48.9 Å². The van der Waals surface area contributed by atoms with Crippen LogP contribution in [0.25, 0.3) is 0 Å². The fraction of sp³-hybridized carbons (Fsp3) is 0.316. The maximum Gasteiger partial charge on any atom is 0.416 e. The molecule has 1 atom stereocenters. The van der Waals surface area contributed by atoms with Crippen molar-refractivity contribution in [3.63, 3.8) is 0 Å². The third-order valence-electron chi connectivity index (χ3n) is 3.62. The number of aliphatic hydroxyl groups excluding tert-OH is 1. The van der Waals surface area contributed by atoms with Gasteiger partial charge in [-0.2, -0.15) is 13.2 Å². The van der Waals surface area contributed by atoms with E-state index in [1.165, 1.54) is 12.1 Å². The Kier molecular flexibility index (Phi) is 7.06. The van der Waals surface area contributed by atoms with E-state index >= 15 is 0 Å². The summed E-state index contributed by atoms with van der Waals surface area (Å²) in [5, 5.41) is 12.4. The van der Waals surface area contributed by atoms with Crippen LogP contribution in [0.5, 0.6) is 11.5 Å². The molecule has 0 saturated carbocycles. The predicted molar refractivity (Wildman–Crippen MR) is 92.5 cm³/mol. The van der Waals surface area contributed by atoms with E-state index in [1.54, 1.807) is 24.3 Å². The molecular weight excluding hydrogens is 363 g/mol. The monoisotopic (exact) mass is 383 g/mol. The zero-order valence-electron chi connectivity index (χ0n) is 14.6. The smallest absolute Gasteiger partial charge is 0.416 e. The fourth-order valence-corrected chi connectivity index (χ4v) is 2.22. The van der Waals surface area contributed by atoms with E-state index in [2.05, 4.69) is 5.32 Å². The molecule has 1 amide bonds. The van der Waals surface area contributed by atoms with Gasteiger partial charge in [-0.25, -0.2) is 0 Å². The number of nitrogens with one attached hydrogen (secondary N) is 1. The summed E-state index contributed by atoms with van der Waals surface area (Å²) >= 11 is 0. The molecule has 0 aliphatic rings. The van der Waals surface area contributed by atoms with Crippen LogP contribution < -0.4 is 14.8 Å². The van der Waals surface area contributed by atoms with Gasteiger partial charge in [0.05, 0.1) is 18.3 Å². The average Bonchev–Trinajstić information content (AvgIpc) is 2.65. The van der Waals surface area contributed by atoms with Crippen LogP contribution in [0.3, 0.4) is 0 Å². The van der Waals surface area contributed by atoms with Crippen molar-refractivity contribution < 1.29 is 32.5 Å². The fourth-order valence-electron chi connectivity index (χ4n) is 2.22. The second kappa shape index (κ2) is 9.27. The standard InChI is InChI=1S/C19H20F3NO4/c1-2-26-15-7-9-16(10-8-15)27-12-18(25)23-11-17(24)13-3-5-14(6-4-13)19(20,21)22/h3-10,17,24H,2,11-12H2,1H3,(H,23,25). The number of carbonyl (C=O) groups is 1. The van der Waals surface area contributed by atoms with Gasteiger partial charge in [0.15, 0.2) is 6.61 Å². The van der Waals surface area contributed by atoms with Crippen LogP contribution in [-0.4, -0.2) is 30.8 Å². The van der Waals surface area contributed by atoms with Crippen LogP contribution in [0.15, 0.2) is 48.5 Å². The maximum absolute atomic E-state index is 12.5. The van der Waals surface area contributed by atoms with E-state index in [0.29, 0.717) is 18.1 Å². The summed E-state index contributed by atoms with van der Waals surface area (Å²) in [6.07, 6.45) is -5.56. The first-order valence-electron chi connectivity index (χ1n) is 8.27. The van der Waals surface area contributed by atoms with Crippen LogP contribution in [0.2, 0.25) is 0 Å². The number of benzene rings is 2. The van der Waals surface area contributed by atoms with Gasteiger partial charge >= 0.3 is 6.18 Å². The Labute approximate surface area is 154 Å². The van der Waals surface area contributed by atoms with Gasteiger partial charge in [-0.1, -0.05) is 12.1 Å². The second-order valence-electron chi connectivity index (χ2n) is 5.63. The third-order valence-corrected chi connectivity index (χ3v) is 3.62. The first-order valence-corrected chi connectivity index (χ1v) is 8.27. The topological polar surface area (TPSA) is 67.8 Å². The molecule has 0 saturated heterocycles. The molecule has 1 unspecified atom stereocenters. The van der Waals surface area contributed by atoms with Crippen molar-refractivity contribution >= 4 is 5.91 Å². The molecule has 146 valence electrons. The number of hydrogen-bond acceptors (Lipinski definition) is 4. The van der Waals surface area contributed by atoms with E-state index < -0.39 is 23.8 Å². The minimum atomic E-state index is -4.43. The number of amides is 1. The number of rotatable bonds is 8. The maximum atomic E-state index is 12.5. The molecule has 0 aliphatic carbocycles. The number of alkyl halides is 3. The highest BCUT2D eigenvalue weighted by molar-refractivity contribution is 5.77. The highest BCUT2D eigenvalue weighted by atomic mass is 19.4. The molecular formula is C19H20F3NO4. The lowest BCUT2D eigenvalue weighted by molar-refractivity contribution is -0.137. The van der Waals surface area contributed by atoms with Gasteiger partial charge in [0.25, 0.3) is 5.91 Å². The second-order valence-corrected chi connectivity index (χ2v) is 5.63. The molecule has 2 N–H and O–H groups in total. The molecule has 0 radical (unpaired) electrons. The molecule has 5 nitrogen and oxygen atoms in total. The van der Waals surface area contributed by atoms with Crippen LogP contribution >= 0.6 is 0 Å². The van der Waals surface area contributed by atoms with Gasteiger partial charge in [-0.15, -0.1) is 0 Å². The van der Waals surface area contributed by atoms with Crippen molar-refractivity contribution in [1.29, 1.82) is 0 Å². The van der Waals surface area contributed by atoms with Crippen molar-refractivity contribution in [2.24, 2.45) is 0 Å². The van der Waals surface area contributed by atoms with E-state index in [-0.39, 0.29) is 18.7 Å². The minimum absolute atomic E-state index is 0.142. The molecule has 0 fully saturated rings. The number of halogens is 3. The number of ether oxygens (including phenoxy) is 2. The Balaban J connectivity index is 1.77. The van der Waals surface area contributed by atoms with Crippen molar-refractivity contribution in [3.05, 3.63) is 59.7 Å². The molecule has 2 rings (SSSR count). The Morgan fingerprint density at radius 2 is 1.59 bits per heavy atom. The Hall–Kier alpha value is -2.74. The third kappa shape index (κ3) is 6.49. The molecule has 0 aliphatic heterocycles. The predicted octanol–water partition coefficient (Wildman–Crippen LogP) is 3.33. The largest absolute Gasteiger partial charge is 0.494 e. The van der Waals surface area contributed by atoms with Crippen LogP contribution in [0.4, 0.5) is 13.2 Å². The zero-order valence-corrected chi connectivity index (χ0v) is 14.6. The molecule has 27 heavy (non-hydrogen) atoms. The van der Waals surface area contributed by atoms with Gasteiger partial charge in [0, 0.05) is 6.54 Å². The van der Waals surface area contributed by atoms with Crippen LogP contribution in [0, 0.1) is 0 Å². The van der Waals surface area contributed by atoms with Crippen molar-refractivity contribution in [2.75, 3.05) is 19.8 Å². The molecule has 0 bridgehead atoms. The summed E-state index contributed by atoms with van der Waals surface area (Å²) in [7, 11) is 0. The first-order chi connectivity index (χ1) is 12.8. The van der Waals surface area contributed by atoms with Gasteiger partial charge in [0.1, 0.15) is 11.5 Å². The molecule has 2 aromatic carbocycles. The summed E-state index contributed by atoms with van der Waals surface area (Å²) in [4.78, 5) is 11.8. The van der Waals surface area contributed by atoms with Gasteiger partial charge in [0.2, 0.25) is 0 Å². The molecule has 2 aromatic rings. The minimum Gasteiger partial charge on any atom is -0.494 e. The Morgan fingerprint density at radius 3 is 2.11 bits per heavy atom. The lowest BCUT2D eigenvalue weighted by Gasteiger charge is -2.14. The summed E-state index contributed by atoms with van der Waals surface area (Å²) in [5.74, 6) is 0.709. The van der Waals surface area contributed by atoms with Crippen molar-refractivity contribution in [1.82, 2.24) is 5.32 Å². The van der Waals surface area contributed by atoms with Crippen LogP contribution in [0.1, 0.15) is 24.2 Å². The van der Waals surface area contributed by atoms with E-state index in [9.17, 15) is 23.1 Å². The number of hydrogen-bond donors (Lipinski definition) is 2. The normalized spacial score (nSPS) is 12.3. The van der Waals surface area contributed by atoms with Crippen molar-refractivity contribution in [2.45, 2.75) is 19.2 Å². The van der Waals surface area contributed by atoms with Gasteiger partial charge < -0.3 is 19.9 Å². The highest BCUT2D eigenvalue weighted by Crippen LogP contribution is 2.29. The Bertz CT molecular complexity index is 730. The molecule has 0 heterocycles. The first kappa shape index (κ1) is 20.6. The number of aliphatic hydroxyl groups is 1. The summed E-state index contributed by atoms with van der Waals surface area (Å²) in [6.45, 7) is 2.02. The average molecular weight is 383 g/mol.